The number of ether oxygens (including phenoxy) is 1. The zero-order chi connectivity index (χ0) is 21.9. The standard InChI is InChI=1S/C24H33N5O3/c30-22(27-13-11-26(12-14-27)20-9-5-2-6-10-20)17-21-23-25-29(18-19-7-3-1-4-8-19)24(31)28(23)15-16-32-21/h1,3-4,7-8,20-21H,2,5-6,9-18H2. The minimum Gasteiger partial charge on any atom is -0.368 e. The van der Waals surface area contributed by atoms with Crippen LogP contribution in [0.25, 0.3) is 0 Å². The highest BCUT2D eigenvalue weighted by Crippen LogP contribution is 2.26. The fraction of sp³-hybridized carbons (Fsp3) is 0.625. The second-order valence-electron chi connectivity index (χ2n) is 9.21. The van der Waals surface area contributed by atoms with Crippen molar-refractivity contribution in [3.05, 3.63) is 52.2 Å². The molecule has 32 heavy (non-hydrogen) atoms. The third-order valence-electron chi connectivity index (χ3n) is 7.17. The van der Waals surface area contributed by atoms with Gasteiger partial charge in [-0.2, -0.15) is 5.10 Å². The van der Waals surface area contributed by atoms with Gasteiger partial charge in [0.15, 0.2) is 5.82 Å². The number of carbonyl (C=O) groups is 1. The van der Waals surface area contributed by atoms with E-state index in [1.807, 2.05) is 35.2 Å². The van der Waals surface area contributed by atoms with Crippen LogP contribution in [0, 0.1) is 0 Å². The first kappa shape index (κ1) is 21.4. The number of amides is 1. The van der Waals surface area contributed by atoms with Crippen molar-refractivity contribution in [2.24, 2.45) is 0 Å². The highest BCUT2D eigenvalue weighted by atomic mass is 16.5. The molecule has 2 aromatic rings. The second kappa shape index (κ2) is 9.58. The van der Waals surface area contributed by atoms with Gasteiger partial charge in [0.05, 0.1) is 26.1 Å². The minimum atomic E-state index is -0.461. The van der Waals surface area contributed by atoms with Gasteiger partial charge in [-0.25, -0.2) is 9.48 Å². The number of hydrogen-bond donors (Lipinski definition) is 0. The van der Waals surface area contributed by atoms with Gasteiger partial charge in [-0.15, -0.1) is 0 Å². The lowest BCUT2D eigenvalue weighted by Crippen LogP contribution is -2.52. The zero-order valence-corrected chi connectivity index (χ0v) is 18.7. The van der Waals surface area contributed by atoms with Crippen molar-refractivity contribution in [1.29, 1.82) is 0 Å². The van der Waals surface area contributed by atoms with Crippen molar-refractivity contribution in [3.63, 3.8) is 0 Å². The normalized spacial score (nSPS) is 22.6. The second-order valence-corrected chi connectivity index (χ2v) is 9.21. The van der Waals surface area contributed by atoms with Crippen LogP contribution in [0.2, 0.25) is 0 Å². The minimum absolute atomic E-state index is 0.0943. The van der Waals surface area contributed by atoms with E-state index in [0.717, 1.165) is 31.7 Å². The number of aromatic nitrogens is 3. The molecule has 8 heteroatoms. The lowest BCUT2D eigenvalue weighted by Gasteiger charge is -2.41. The number of rotatable bonds is 5. The van der Waals surface area contributed by atoms with Crippen LogP contribution < -0.4 is 5.69 Å². The lowest BCUT2D eigenvalue weighted by molar-refractivity contribution is -0.137. The van der Waals surface area contributed by atoms with Gasteiger partial charge in [0, 0.05) is 32.2 Å². The van der Waals surface area contributed by atoms with Crippen molar-refractivity contribution >= 4 is 5.91 Å². The predicted octanol–water partition coefficient (Wildman–Crippen LogP) is 2.03. The molecule has 1 amide bonds. The summed E-state index contributed by atoms with van der Waals surface area (Å²) in [4.78, 5) is 30.4. The average molecular weight is 440 g/mol. The van der Waals surface area contributed by atoms with E-state index in [0.29, 0.717) is 31.6 Å². The number of hydrogen-bond acceptors (Lipinski definition) is 5. The van der Waals surface area contributed by atoms with Crippen molar-refractivity contribution in [2.75, 3.05) is 32.8 Å². The Balaban J connectivity index is 1.22. The van der Waals surface area contributed by atoms with Crippen LogP contribution in [-0.2, 0) is 22.6 Å². The van der Waals surface area contributed by atoms with Gasteiger partial charge in [-0.3, -0.25) is 14.3 Å². The van der Waals surface area contributed by atoms with Gasteiger partial charge in [0.2, 0.25) is 5.91 Å². The molecule has 0 radical (unpaired) electrons. The Morgan fingerprint density at radius 2 is 1.75 bits per heavy atom. The quantitative estimate of drug-likeness (QED) is 0.713. The molecule has 1 aromatic carbocycles. The van der Waals surface area contributed by atoms with Gasteiger partial charge in [-0.1, -0.05) is 49.6 Å². The summed E-state index contributed by atoms with van der Waals surface area (Å²) in [5.74, 6) is 0.670. The van der Waals surface area contributed by atoms with Crippen LogP contribution in [0.3, 0.4) is 0 Å². The Labute approximate surface area is 188 Å². The molecule has 8 nitrogen and oxygen atoms in total. The van der Waals surface area contributed by atoms with Crippen molar-refractivity contribution < 1.29 is 9.53 Å². The molecule has 3 aliphatic rings. The lowest BCUT2D eigenvalue weighted by atomic mass is 9.94. The van der Waals surface area contributed by atoms with Gasteiger partial charge in [-0.05, 0) is 18.4 Å². The van der Waals surface area contributed by atoms with Gasteiger partial charge < -0.3 is 9.64 Å². The first-order valence-electron chi connectivity index (χ1n) is 12.0. The Kier molecular flexibility index (Phi) is 6.41. The van der Waals surface area contributed by atoms with Crippen LogP contribution in [0.1, 0.15) is 56.0 Å². The fourth-order valence-corrected chi connectivity index (χ4v) is 5.35. The van der Waals surface area contributed by atoms with Crippen molar-refractivity contribution in [2.45, 2.75) is 63.8 Å². The SMILES string of the molecule is O=C(CC1OCCn2c1nn(Cc1ccccc1)c2=O)N1CCN(C2CCCCC2)CC1. The molecule has 1 unspecified atom stereocenters. The summed E-state index contributed by atoms with van der Waals surface area (Å²) in [6.45, 7) is 4.79. The molecule has 172 valence electrons. The highest BCUT2D eigenvalue weighted by molar-refractivity contribution is 5.77. The topological polar surface area (TPSA) is 72.6 Å². The summed E-state index contributed by atoms with van der Waals surface area (Å²) < 4.78 is 9.07. The van der Waals surface area contributed by atoms with Crippen LogP contribution in [0.15, 0.2) is 35.1 Å². The highest BCUT2D eigenvalue weighted by Gasteiger charge is 2.32. The van der Waals surface area contributed by atoms with Gasteiger partial charge in [0.25, 0.3) is 0 Å². The van der Waals surface area contributed by atoms with E-state index >= 15 is 0 Å². The Hall–Kier alpha value is -2.45. The Bertz CT molecular complexity index is 971. The molecule has 1 aliphatic carbocycles. The van der Waals surface area contributed by atoms with E-state index in [4.69, 9.17) is 4.74 Å². The van der Waals surface area contributed by atoms with E-state index in [1.165, 1.54) is 36.8 Å². The van der Waals surface area contributed by atoms with Crippen LogP contribution in [0.4, 0.5) is 0 Å². The van der Waals surface area contributed by atoms with Crippen molar-refractivity contribution in [3.8, 4) is 0 Å². The van der Waals surface area contributed by atoms with Crippen molar-refractivity contribution in [1.82, 2.24) is 24.1 Å². The summed E-state index contributed by atoms with van der Waals surface area (Å²) in [7, 11) is 0. The van der Waals surface area contributed by atoms with Gasteiger partial charge in [0.1, 0.15) is 6.10 Å². The molecular formula is C24H33N5O3. The maximum atomic E-state index is 13.0. The molecule has 1 saturated heterocycles. The van der Waals surface area contributed by atoms with E-state index in [9.17, 15) is 9.59 Å². The van der Waals surface area contributed by atoms with Crippen LogP contribution in [-0.4, -0.2) is 68.9 Å². The molecule has 2 fully saturated rings. The van der Waals surface area contributed by atoms with Crippen LogP contribution >= 0.6 is 0 Å². The summed E-state index contributed by atoms with van der Waals surface area (Å²) in [6, 6.07) is 10.5. The van der Waals surface area contributed by atoms with Gasteiger partial charge >= 0.3 is 5.69 Å². The number of carbonyl (C=O) groups excluding carboxylic acids is 1. The molecular weight excluding hydrogens is 406 g/mol. The zero-order valence-electron chi connectivity index (χ0n) is 18.7. The molecule has 0 spiro atoms. The molecule has 3 heterocycles. The molecule has 5 rings (SSSR count). The molecule has 2 aliphatic heterocycles. The molecule has 1 aromatic heterocycles. The first-order chi connectivity index (χ1) is 15.7. The molecule has 1 atom stereocenters. The number of fused-ring (bicyclic) bond motifs is 1. The largest absolute Gasteiger partial charge is 0.368 e. The maximum absolute atomic E-state index is 13.0. The average Bonchev–Trinajstić information content (AvgIpc) is 3.16. The van der Waals surface area contributed by atoms with Crippen LogP contribution in [0.5, 0.6) is 0 Å². The smallest absolute Gasteiger partial charge is 0.346 e. The molecule has 0 N–H and O–H groups in total. The third kappa shape index (κ3) is 4.52. The Morgan fingerprint density at radius 3 is 2.50 bits per heavy atom. The summed E-state index contributed by atoms with van der Waals surface area (Å²) in [5.41, 5.74) is 0.889. The van der Waals surface area contributed by atoms with E-state index in [1.54, 1.807) is 4.57 Å². The monoisotopic (exact) mass is 439 g/mol. The summed E-state index contributed by atoms with van der Waals surface area (Å²) in [5, 5.41) is 4.56. The summed E-state index contributed by atoms with van der Waals surface area (Å²) >= 11 is 0. The number of nitrogens with zero attached hydrogens (tertiary/aromatic N) is 5. The number of benzene rings is 1. The van der Waals surface area contributed by atoms with E-state index in [2.05, 4.69) is 10.00 Å². The molecule has 0 bridgehead atoms. The Morgan fingerprint density at radius 1 is 1.00 bits per heavy atom. The molecule has 1 saturated carbocycles. The maximum Gasteiger partial charge on any atom is 0.346 e. The van der Waals surface area contributed by atoms with E-state index in [-0.39, 0.29) is 18.0 Å². The predicted molar refractivity (Wildman–Crippen MR) is 120 cm³/mol. The van der Waals surface area contributed by atoms with E-state index < -0.39 is 6.10 Å². The third-order valence-corrected chi connectivity index (χ3v) is 7.17. The fourth-order valence-electron chi connectivity index (χ4n) is 5.35. The summed E-state index contributed by atoms with van der Waals surface area (Å²) in [6.07, 6.45) is 6.41. The number of piperazine rings is 1. The first-order valence-corrected chi connectivity index (χ1v) is 12.0.